The number of nitrogens with zero attached hydrogens (tertiary/aromatic N) is 3. The van der Waals surface area contributed by atoms with Crippen LogP contribution >= 0.6 is 0 Å². The van der Waals surface area contributed by atoms with Crippen LogP contribution in [-0.2, 0) is 13.6 Å². The molecule has 2 rings (SSSR count). The van der Waals surface area contributed by atoms with E-state index in [2.05, 4.69) is 61.2 Å². The highest BCUT2D eigenvalue weighted by atomic mass is 15.3. The molecule has 1 aromatic carbocycles. The lowest BCUT2D eigenvalue weighted by Gasteiger charge is -2.33. The monoisotopic (exact) mass is 286 g/mol. The number of rotatable bonds is 6. The highest BCUT2D eigenvalue weighted by Gasteiger charge is 2.24. The number of aromatic nitrogens is 2. The topological polar surface area (TPSA) is 47.1 Å². The second kappa shape index (κ2) is 6.87. The maximum atomic E-state index is 6.27. The summed E-state index contributed by atoms with van der Waals surface area (Å²) in [6, 6.07) is 8.77. The fraction of sp³-hybridized carbons (Fsp3) is 0.471. The molecule has 4 nitrogen and oxygen atoms in total. The van der Waals surface area contributed by atoms with Gasteiger partial charge in [-0.2, -0.15) is 5.10 Å². The fourth-order valence-corrected chi connectivity index (χ4v) is 2.85. The summed E-state index contributed by atoms with van der Waals surface area (Å²) in [6.45, 7) is 8.27. The molecule has 0 aliphatic heterocycles. The van der Waals surface area contributed by atoms with Crippen LogP contribution in [0.1, 0.15) is 36.6 Å². The summed E-state index contributed by atoms with van der Waals surface area (Å²) in [5.74, 6) is 0. The van der Waals surface area contributed by atoms with Crippen molar-refractivity contribution in [3.05, 3.63) is 53.3 Å². The van der Waals surface area contributed by atoms with Gasteiger partial charge in [0.15, 0.2) is 0 Å². The third kappa shape index (κ3) is 3.71. The average Bonchev–Trinajstić information content (AvgIpc) is 2.86. The molecule has 0 fully saturated rings. The predicted molar refractivity (Wildman–Crippen MR) is 86.9 cm³/mol. The molecular formula is C17H26N4. The molecular weight excluding hydrogens is 260 g/mol. The summed E-state index contributed by atoms with van der Waals surface area (Å²) in [4.78, 5) is 2.42. The zero-order chi connectivity index (χ0) is 15.4. The zero-order valence-electron chi connectivity index (χ0n) is 13.5. The number of aryl methyl sites for hydroxylation is 2. The van der Waals surface area contributed by atoms with Crippen molar-refractivity contribution in [1.82, 2.24) is 14.7 Å². The van der Waals surface area contributed by atoms with Crippen LogP contribution in [-0.4, -0.2) is 27.3 Å². The van der Waals surface area contributed by atoms with Crippen LogP contribution in [0.5, 0.6) is 0 Å². The van der Waals surface area contributed by atoms with Crippen molar-refractivity contribution in [2.24, 2.45) is 12.8 Å². The molecule has 4 heteroatoms. The van der Waals surface area contributed by atoms with Gasteiger partial charge in [0.1, 0.15) is 0 Å². The van der Waals surface area contributed by atoms with Crippen LogP contribution in [0, 0.1) is 6.92 Å². The zero-order valence-corrected chi connectivity index (χ0v) is 13.5. The van der Waals surface area contributed by atoms with Gasteiger partial charge in [-0.25, -0.2) is 0 Å². The van der Waals surface area contributed by atoms with Crippen molar-refractivity contribution >= 4 is 0 Å². The molecule has 1 aromatic heterocycles. The molecule has 0 saturated carbocycles. The predicted octanol–water partition coefficient (Wildman–Crippen LogP) is 2.64. The van der Waals surface area contributed by atoms with Gasteiger partial charge in [0.2, 0.25) is 0 Å². The Kier molecular flexibility index (Phi) is 5.15. The van der Waals surface area contributed by atoms with E-state index in [1.165, 1.54) is 16.7 Å². The quantitative estimate of drug-likeness (QED) is 0.888. The van der Waals surface area contributed by atoms with E-state index in [0.717, 1.165) is 13.1 Å². The first kappa shape index (κ1) is 15.7. The smallest absolute Gasteiger partial charge is 0.0538 e. The fourth-order valence-electron chi connectivity index (χ4n) is 2.85. The summed E-state index contributed by atoms with van der Waals surface area (Å²) in [7, 11) is 1.94. The highest BCUT2D eigenvalue weighted by molar-refractivity contribution is 5.26. The number of hydrogen-bond acceptors (Lipinski definition) is 3. The third-order valence-corrected chi connectivity index (χ3v) is 4.00. The molecule has 2 aromatic rings. The van der Waals surface area contributed by atoms with E-state index in [0.29, 0.717) is 0 Å². The molecule has 0 radical (unpaired) electrons. The first-order valence-corrected chi connectivity index (χ1v) is 7.55. The lowest BCUT2D eigenvalue weighted by molar-refractivity contribution is 0.176. The summed E-state index contributed by atoms with van der Waals surface area (Å²) < 4.78 is 1.84. The van der Waals surface area contributed by atoms with Crippen molar-refractivity contribution < 1.29 is 0 Å². The Morgan fingerprint density at radius 2 is 2.05 bits per heavy atom. The van der Waals surface area contributed by atoms with Gasteiger partial charge in [-0.05, 0) is 31.5 Å². The van der Waals surface area contributed by atoms with Crippen LogP contribution < -0.4 is 5.73 Å². The molecule has 0 bridgehead atoms. The largest absolute Gasteiger partial charge is 0.326 e. The summed E-state index contributed by atoms with van der Waals surface area (Å²) in [5.41, 5.74) is 10.1. The molecule has 2 unspecified atom stereocenters. The van der Waals surface area contributed by atoms with E-state index in [1.807, 2.05) is 17.9 Å². The first-order chi connectivity index (χ1) is 10.0. The van der Waals surface area contributed by atoms with Gasteiger partial charge in [-0.3, -0.25) is 9.58 Å². The van der Waals surface area contributed by atoms with Gasteiger partial charge in [0.05, 0.1) is 12.2 Å². The van der Waals surface area contributed by atoms with E-state index in [1.54, 1.807) is 0 Å². The minimum Gasteiger partial charge on any atom is -0.326 e. The second-order valence-electron chi connectivity index (χ2n) is 5.74. The molecule has 0 saturated heterocycles. The number of nitrogens with two attached hydrogens (primary N) is 1. The lowest BCUT2D eigenvalue weighted by Crippen LogP contribution is -2.39. The van der Waals surface area contributed by atoms with E-state index in [-0.39, 0.29) is 12.1 Å². The Morgan fingerprint density at radius 1 is 1.33 bits per heavy atom. The molecule has 21 heavy (non-hydrogen) atoms. The van der Waals surface area contributed by atoms with Crippen LogP contribution in [0.4, 0.5) is 0 Å². The van der Waals surface area contributed by atoms with Gasteiger partial charge < -0.3 is 5.73 Å². The molecule has 0 amide bonds. The van der Waals surface area contributed by atoms with Crippen molar-refractivity contribution in [2.75, 3.05) is 6.54 Å². The van der Waals surface area contributed by atoms with E-state index in [9.17, 15) is 0 Å². The van der Waals surface area contributed by atoms with Gasteiger partial charge in [0.25, 0.3) is 0 Å². The Bertz CT molecular complexity index is 574. The Hall–Kier alpha value is -1.65. The van der Waals surface area contributed by atoms with Gasteiger partial charge >= 0.3 is 0 Å². The van der Waals surface area contributed by atoms with Crippen molar-refractivity contribution in [3.8, 4) is 0 Å². The third-order valence-electron chi connectivity index (χ3n) is 4.00. The van der Waals surface area contributed by atoms with Crippen LogP contribution in [0.25, 0.3) is 0 Å². The minimum absolute atomic E-state index is 0.0539. The van der Waals surface area contributed by atoms with E-state index < -0.39 is 0 Å². The van der Waals surface area contributed by atoms with Crippen LogP contribution in [0.3, 0.4) is 0 Å². The molecule has 2 atom stereocenters. The van der Waals surface area contributed by atoms with Crippen molar-refractivity contribution in [1.29, 1.82) is 0 Å². The maximum Gasteiger partial charge on any atom is 0.0538 e. The number of benzene rings is 1. The molecule has 0 spiro atoms. The number of likely N-dealkylation sites (N-methyl/N-ethyl adjacent to an activating group) is 1. The molecule has 0 aliphatic carbocycles. The van der Waals surface area contributed by atoms with Gasteiger partial charge in [0, 0.05) is 31.4 Å². The minimum atomic E-state index is 0.0539. The normalized spacial score (nSPS) is 14.4. The van der Waals surface area contributed by atoms with Crippen molar-refractivity contribution in [2.45, 2.75) is 39.4 Å². The van der Waals surface area contributed by atoms with E-state index in [4.69, 9.17) is 5.73 Å². The van der Waals surface area contributed by atoms with Crippen LogP contribution in [0.15, 0.2) is 36.7 Å². The van der Waals surface area contributed by atoms with Crippen molar-refractivity contribution in [3.63, 3.8) is 0 Å². The van der Waals surface area contributed by atoms with Crippen LogP contribution in [0.2, 0.25) is 0 Å². The Morgan fingerprint density at radius 3 is 2.57 bits per heavy atom. The first-order valence-electron chi connectivity index (χ1n) is 7.55. The lowest BCUT2D eigenvalue weighted by atomic mass is 10.0. The summed E-state index contributed by atoms with van der Waals surface area (Å²) in [5, 5.41) is 4.30. The Labute approximate surface area is 127 Å². The van der Waals surface area contributed by atoms with Gasteiger partial charge in [-0.15, -0.1) is 0 Å². The van der Waals surface area contributed by atoms with E-state index >= 15 is 0 Å². The average molecular weight is 286 g/mol. The molecule has 1 heterocycles. The Balaban J connectivity index is 2.26. The molecule has 114 valence electrons. The standard InChI is InChI=1S/C17H26N4/c1-5-21(12-15-9-7-6-8-13(15)2)17(14(3)18)16-10-19-20(4)11-16/h6-11,14,17H,5,12,18H2,1-4H3. The molecule has 0 aliphatic rings. The number of hydrogen-bond donors (Lipinski definition) is 1. The summed E-state index contributed by atoms with van der Waals surface area (Å²) in [6.07, 6.45) is 3.99. The second-order valence-corrected chi connectivity index (χ2v) is 5.74. The van der Waals surface area contributed by atoms with Gasteiger partial charge in [-0.1, -0.05) is 31.2 Å². The highest BCUT2D eigenvalue weighted by Crippen LogP contribution is 2.25. The maximum absolute atomic E-state index is 6.27. The summed E-state index contributed by atoms with van der Waals surface area (Å²) >= 11 is 0. The molecule has 2 N–H and O–H groups in total. The SMILES string of the molecule is CCN(Cc1ccccc1C)C(c1cnn(C)c1)C(C)N.